The van der Waals surface area contributed by atoms with Crippen molar-refractivity contribution >= 4 is 0 Å². The van der Waals surface area contributed by atoms with Gasteiger partial charge < -0.3 is 14.7 Å². The third-order valence-corrected chi connectivity index (χ3v) is 7.57. The second-order valence-electron chi connectivity index (χ2n) is 15.4. The summed E-state index contributed by atoms with van der Waals surface area (Å²) in [5, 5.41) is 37.6. The summed E-state index contributed by atoms with van der Waals surface area (Å²) in [7, 11) is 4.13. The van der Waals surface area contributed by atoms with Gasteiger partial charge in [-0.3, -0.25) is 0 Å². The monoisotopic (exact) mass is 676 g/mol. The first-order chi connectivity index (χ1) is 22.3. The number of likely N-dealkylation sites (N-methyl/N-ethyl adjacent to an activating group) is 1. The second kappa shape index (κ2) is 20.6. The van der Waals surface area contributed by atoms with Gasteiger partial charge in [0, 0.05) is 22.8 Å². The molecule has 15 nitrogen and oxygen atoms in total. The quantitative estimate of drug-likeness (QED) is 0.230. The van der Waals surface area contributed by atoms with E-state index in [0.717, 1.165) is 95.8 Å². The van der Waals surface area contributed by atoms with Crippen LogP contribution in [0.25, 0.3) is 0 Å². The lowest BCUT2D eigenvalue weighted by atomic mass is 9.96. The SMILES string of the molecule is CCN(CC)CCCn1nnc(C(C)(C)C)n1.CCN(CC)CCn1nnc(C(C)(C)C)n1.CN(C)CCCn1nnc(C(C)(C)C)n1. The Bertz CT molecular complexity index is 1230. The van der Waals surface area contributed by atoms with E-state index in [-0.39, 0.29) is 16.2 Å². The fraction of sp³-hybridized carbons (Fsp3) is 0.909. The van der Waals surface area contributed by atoms with Crippen LogP contribution in [0.5, 0.6) is 0 Å². The van der Waals surface area contributed by atoms with Crippen molar-refractivity contribution in [1.82, 2.24) is 75.3 Å². The van der Waals surface area contributed by atoms with Gasteiger partial charge in [0.25, 0.3) is 0 Å². The second-order valence-corrected chi connectivity index (χ2v) is 15.4. The summed E-state index contributed by atoms with van der Waals surface area (Å²) in [6.45, 7) is 37.5. The Kier molecular flexibility index (Phi) is 18.5. The molecule has 48 heavy (non-hydrogen) atoms. The van der Waals surface area contributed by atoms with Crippen molar-refractivity contribution in [3.63, 3.8) is 0 Å². The number of aryl methyl sites for hydroxylation is 2. The minimum atomic E-state index is -0.0204. The molecule has 3 aromatic heterocycles. The molecular weight excluding hydrogens is 606 g/mol. The number of hydrogen-bond donors (Lipinski definition) is 0. The first-order valence-electron chi connectivity index (χ1n) is 17.8. The molecule has 0 saturated carbocycles. The van der Waals surface area contributed by atoms with Crippen LogP contribution in [0, 0.1) is 0 Å². The smallest absolute Gasteiger partial charge is 0.180 e. The largest absolute Gasteiger partial charge is 0.309 e. The highest BCUT2D eigenvalue weighted by molar-refractivity contribution is 4.97. The van der Waals surface area contributed by atoms with Gasteiger partial charge in [-0.05, 0) is 81.8 Å². The summed E-state index contributed by atoms with van der Waals surface area (Å²) < 4.78 is 0. The minimum absolute atomic E-state index is 0.0141. The molecule has 0 aromatic carbocycles. The summed E-state index contributed by atoms with van der Waals surface area (Å²) in [6.07, 6.45) is 2.12. The van der Waals surface area contributed by atoms with Crippen molar-refractivity contribution in [3.05, 3.63) is 17.5 Å². The molecule has 0 radical (unpaired) electrons. The molecule has 0 spiro atoms. The molecule has 0 amide bonds. The molecule has 0 aliphatic rings. The van der Waals surface area contributed by atoms with E-state index >= 15 is 0 Å². The Morgan fingerprint density at radius 2 is 0.771 bits per heavy atom. The topological polar surface area (TPSA) is 141 Å². The zero-order valence-electron chi connectivity index (χ0n) is 33.2. The summed E-state index contributed by atoms with van der Waals surface area (Å²) in [4.78, 5) is 12.0. The fourth-order valence-electron chi connectivity index (χ4n) is 4.19. The van der Waals surface area contributed by atoms with E-state index in [4.69, 9.17) is 0 Å². The molecule has 0 aliphatic heterocycles. The van der Waals surface area contributed by atoms with E-state index < -0.39 is 0 Å². The number of rotatable bonds is 15. The van der Waals surface area contributed by atoms with Gasteiger partial charge in [-0.25, -0.2) is 0 Å². The normalized spacial score (nSPS) is 12.4. The van der Waals surface area contributed by atoms with Gasteiger partial charge in [0.05, 0.1) is 19.6 Å². The van der Waals surface area contributed by atoms with Gasteiger partial charge in [-0.2, -0.15) is 14.4 Å². The Hall–Kier alpha value is -2.91. The summed E-state index contributed by atoms with van der Waals surface area (Å²) >= 11 is 0. The molecule has 0 atom stereocenters. The number of hydrogen-bond acceptors (Lipinski definition) is 12. The molecule has 0 saturated heterocycles. The molecule has 3 heterocycles. The van der Waals surface area contributed by atoms with Gasteiger partial charge in [0.15, 0.2) is 17.5 Å². The van der Waals surface area contributed by atoms with E-state index in [1.54, 1.807) is 14.4 Å². The standard InChI is InChI=1S/C12H25N5.C11H23N5.C10H21N5/c1-6-16(7-2)9-8-10-17-14-11(13-15-17)12(3,4)5;1-6-15(7-2)8-9-16-13-10(12-14-16)11(3,4)5;1-10(2,3)9-11-13-15(12-9)8-6-7-14(4)5/h6-10H2,1-5H3;6-9H2,1-5H3;6-8H2,1-5H3. The average molecular weight is 676 g/mol. The highest BCUT2D eigenvalue weighted by atomic mass is 15.6. The lowest BCUT2D eigenvalue weighted by Gasteiger charge is -2.17. The maximum Gasteiger partial charge on any atom is 0.180 e. The predicted molar refractivity (Wildman–Crippen MR) is 193 cm³/mol. The van der Waals surface area contributed by atoms with Crippen LogP contribution in [-0.4, -0.2) is 135 Å². The van der Waals surface area contributed by atoms with Gasteiger partial charge in [0.1, 0.15) is 0 Å². The zero-order valence-corrected chi connectivity index (χ0v) is 33.2. The third kappa shape index (κ3) is 17.0. The minimum Gasteiger partial charge on any atom is -0.309 e. The van der Waals surface area contributed by atoms with Crippen molar-refractivity contribution in [2.75, 3.05) is 59.9 Å². The fourth-order valence-corrected chi connectivity index (χ4v) is 4.19. The summed E-state index contributed by atoms with van der Waals surface area (Å²) in [6, 6.07) is 0. The van der Waals surface area contributed by atoms with Crippen LogP contribution >= 0.6 is 0 Å². The van der Waals surface area contributed by atoms with Crippen molar-refractivity contribution in [1.29, 1.82) is 0 Å². The van der Waals surface area contributed by atoms with Gasteiger partial charge in [-0.15, -0.1) is 30.6 Å². The zero-order chi connectivity index (χ0) is 36.5. The summed E-state index contributed by atoms with van der Waals surface area (Å²) in [5.74, 6) is 2.44. The van der Waals surface area contributed by atoms with Crippen molar-refractivity contribution in [2.24, 2.45) is 0 Å². The molecule has 0 fully saturated rings. The van der Waals surface area contributed by atoms with Gasteiger partial charge in [0.2, 0.25) is 0 Å². The predicted octanol–water partition coefficient (Wildman–Crippen LogP) is 3.94. The van der Waals surface area contributed by atoms with E-state index in [1.165, 1.54) is 0 Å². The molecule has 0 bridgehead atoms. The van der Waals surface area contributed by atoms with E-state index in [2.05, 4.69) is 165 Å². The van der Waals surface area contributed by atoms with Gasteiger partial charge in [-0.1, -0.05) is 90.0 Å². The van der Waals surface area contributed by atoms with Crippen LogP contribution in [0.15, 0.2) is 0 Å². The van der Waals surface area contributed by atoms with Crippen LogP contribution in [0.2, 0.25) is 0 Å². The van der Waals surface area contributed by atoms with E-state index in [0.29, 0.717) is 0 Å². The number of nitrogens with zero attached hydrogens (tertiary/aromatic N) is 15. The molecule has 15 heteroatoms. The Morgan fingerprint density at radius 3 is 1.06 bits per heavy atom. The lowest BCUT2D eigenvalue weighted by molar-refractivity contribution is 0.276. The first kappa shape index (κ1) is 43.1. The molecule has 0 N–H and O–H groups in total. The molecule has 0 aliphatic carbocycles. The van der Waals surface area contributed by atoms with Crippen molar-refractivity contribution in [3.8, 4) is 0 Å². The Morgan fingerprint density at radius 1 is 0.458 bits per heavy atom. The summed E-state index contributed by atoms with van der Waals surface area (Å²) in [5.41, 5.74) is -0.0512. The number of tetrazole rings is 3. The highest BCUT2D eigenvalue weighted by Gasteiger charge is 2.21. The van der Waals surface area contributed by atoms with Crippen molar-refractivity contribution in [2.45, 2.75) is 139 Å². The van der Waals surface area contributed by atoms with Crippen LogP contribution in [0.3, 0.4) is 0 Å². The van der Waals surface area contributed by atoms with E-state index in [9.17, 15) is 0 Å². The third-order valence-electron chi connectivity index (χ3n) is 7.57. The van der Waals surface area contributed by atoms with E-state index in [1.807, 2.05) is 0 Å². The average Bonchev–Trinajstić information content (AvgIpc) is 3.77. The van der Waals surface area contributed by atoms with Crippen LogP contribution in [-0.2, 0) is 35.9 Å². The van der Waals surface area contributed by atoms with Crippen molar-refractivity contribution < 1.29 is 0 Å². The van der Waals surface area contributed by atoms with Crippen LogP contribution in [0.1, 0.15) is 120 Å². The first-order valence-corrected chi connectivity index (χ1v) is 17.8. The molecule has 276 valence electrons. The maximum atomic E-state index is 4.41. The van der Waals surface area contributed by atoms with Crippen LogP contribution < -0.4 is 0 Å². The number of aromatic nitrogens is 12. The Balaban J connectivity index is 0.000000361. The molecule has 3 aromatic rings. The molecule has 0 unspecified atom stereocenters. The molecule has 3 rings (SSSR count). The van der Waals surface area contributed by atoms with Gasteiger partial charge >= 0.3 is 0 Å². The maximum absolute atomic E-state index is 4.41. The highest BCUT2D eigenvalue weighted by Crippen LogP contribution is 2.17. The molecular formula is C33H69N15. The Labute approximate surface area is 291 Å². The van der Waals surface area contributed by atoms with Crippen LogP contribution in [0.4, 0.5) is 0 Å². The lowest BCUT2D eigenvalue weighted by Crippen LogP contribution is -2.27.